The molecule has 0 aliphatic heterocycles. The molecule has 1 aromatic rings. The van der Waals surface area contributed by atoms with Crippen LogP contribution in [-0.4, -0.2) is 6.54 Å². The second-order valence-electron chi connectivity index (χ2n) is 3.98. The maximum atomic E-state index is 13.2. The molecule has 0 bridgehead atoms. The predicted molar refractivity (Wildman–Crippen MR) is 58.8 cm³/mol. The summed E-state index contributed by atoms with van der Waals surface area (Å²) in [6.07, 6.45) is 0. The van der Waals surface area contributed by atoms with Gasteiger partial charge in [-0.25, -0.2) is 8.78 Å². The van der Waals surface area contributed by atoms with Gasteiger partial charge in [-0.3, -0.25) is 0 Å². The van der Waals surface area contributed by atoms with Gasteiger partial charge in [0.2, 0.25) is 0 Å². The summed E-state index contributed by atoms with van der Waals surface area (Å²) in [5, 5.41) is 11.6. The fourth-order valence-electron chi connectivity index (χ4n) is 1.28. The minimum absolute atomic E-state index is 0.0981. The summed E-state index contributed by atoms with van der Waals surface area (Å²) >= 11 is 0. The van der Waals surface area contributed by atoms with Gasteiger partial charge in [0.1, 0.15) is 11.6 Å². The summed E-state index contributed by atoms with van der Waals surface area (Å²) in [5.74, 6) is -1.06. The molecule has 0 radical (unpaired) electrons. The van der Waals surface area contributed by atoms with Crippen LogP contribution >= 0.6 is 0 Å². The van der Waals surface area contributed by atoms with Crippen molar-refractivity contribution in [2.75, 3.05) is 11.9 Å². The summed E-state index contributed by atoms with van der Waals surface area (Å²) < 4.78 is 26.1. The Kier molecular flexibility index (Phi) is 4.24. The first-order valence-electron chi connectivity index (χ1n) is 5.13. The van der Waals surface area contributed by atoms with E-state index in [1.807, 2.05) is 13.8 Å². The third-order valence-corrected chi connectivity index (χ3v) is 2.41. The molecule has 86 valence electrons. The van der Waals surface area contributed by atoms with E-state index in [0.717, 1.165) is 18.2 Å². The Morgan fingerprint density at radius 3 is 2.62 bits per heavy atom. The maximum Gasteiger partial charge on any atom is 0.146 e. The van der Waals surface area contributed by atoms with Crippen LogP contribution in [0.25, 0.3) is 0 Å². The average Bonchev–Trinajstić information content (AvgIpc) is 2.23. The van der Waals surface area contributed by atoms with Gasteiger partial charge in [0, 0.05) is 6.54 Å². The number of nitriles is 1. The van der Waals surface area contributed by atoms with Gasteiger partial charge in [-0.2, -0.15) is 5.26 Å². The molecule has 1 N–H and O–H groups in total. The molecule has 0 aromatic heterocycles. The highest BCUT2D eigenvalue weighted by Crippen LogP contribution is 2.17. The number of benzene rings is 1. The molecule has 0 saturated carbocycles. The van der Waals surface area contributed by atoms with Crippen molar-refractivity contribution in [1.82, 2.24) is 0 Å². The fraction of sp³-hybridized carbons (Fsp3) is 0.417. The lowest BCUT2D eigenvalue weighted by Gasteiger charge is -2.14. The van der Waals surface area contributed by atoms with Gasteiger partial charge in [-0.15, -0.1) is 0 Å². The van der Waals surface area contributed by atoms with Crippen LogP contribution < -0.4 is 5.32 Å². The lowest BCUT2D eigenvalue weighted by atomic mass is 9.97. The smallest absolute Gasteiger partial charge is 0.146 e. The number of nitrogens with one attached hydrogen (secondary N) is 1. The highest BCUT2D eigenvalue weighted by atomic mass is 19.1. The van der Waals surface area contributed by atoms with Crippen LogP contribution in [0.5, 0.6) is 0 Å². The maximum absolute atomic E-state index is 13.2. The Hall–Kier alpha value is -1.63. The Morgan fingerprint density at radius 1 is 1.38 bits per heavy atom. The molecule has 1 rings (SSSR count). The van der Waals surface area contributed by atoms with Crippen molar-refractivity contribution in [3.05, 3.63) is 29.8 Å². The first-order chi connectivity index (χ1) is 7.54. The second-order valence-corrected chi connectivity index (χ2v) is 3.98. The van der Waals surface area contributed by atoms with Gasteiger partial charge in [0.25, 0.3) is 0 Å². The minimum Gasteiger partial charge on any atom is -0.381 e. The number of rotatable bonds is 4. The summed E-state index contributed by atoms with van der Waals surface area (Å²) in [7, 11) is 0. The molecule has 0 saturated heterocycles. The molecule has 0 aliphatic carbocycles. The molecule has 4 heteroatoms. The van der Waals surface area contributed by atoms with E-state index in [9.17, 15) is 8.78 Å². The molecule has 0 amide bonds. The average molecular weight is 224 g/mol. The zero-order chi connectivity index (χ0) is 12.1. The van der Waals surface area contributed by atoms with E-state index < -0.39 is 11.6 Å². The van der Waals surface area contributed by atoms with Crippen LogP contribution in [0, 0.1) is 34.8 Å². The number of hydrogen-bond donors (Lipinski definition) is 1. The molecule has 1 unspecified atom stereocenters. The molecule has 0 fully saturated rings. The molecule has 0 heterocycles. The quantitative estimate of drug-likeness (QED) is 0.852. The zero-order valence-corrected chi connectivity index (χ0v) is 9.30. The standard InChI is InChI=1S/C12H14F2N2/c1-8(2)9(6-15)7-16-12-5-10(13)3-4-11(12)14/h3-5,8-9,16H,7H2,1-2H3. The van der Waals surface area contributed by atoms with Crippen molar-refractivity contribution in [3.63, 3.8) is 0 Å². The number of nitrogens with zero attached hydrogens (tertiary/aromatic N) is 1. The van der Waals surface area contributed by atoms with Crippen LogP contribution in [0.4, 0.5) is 14.5 Å². The van der Waals surface area contributed by atoms with Gasteiger partial charge < -0.3 is 5.32 Å². The van der Waals surface area contributed by atoms with Crippen molar-refractivity contribution >= 4 is 5.69 Å². The third-order valence-electron chi connectivity index (χ3n) is 2.41. The van der Waals surface area contributed by atoms with E-state index in [2.05, 4.69) is 11.4 Å². The van der Waals surface area contributed by atoms with Crippen molar-refractivity contribution < 1.29 is 8.78 Å². The molecule has 0 spiro atoms. The monoisotopic (exact) mass is 224 g/mol. The highest BCUT2D eigenvalue weighted by molar-refractivity contribution is 5.45. The summed E-state index contributed by atoms with van der Waals surface area (Å²) in [6, 6.07) is 5.34. The lowest BCUT2D eigenvalue weighted by Crippen LogP contribution is -2.18. The fourth-order valence-corrected chi connectivity index (χ4v) is 1.28. The summed E-state index contributed by atoms with van der Waals surface area (Å²) in [5.41, 5.74) is 0.0981. The van der Waals surface area contributed by atoms with Crippen molar-refractivity contribution in [1.29, 1.82) is 5.26 Å². The van der Waals surface area contributed by atoms with Crippen LogP contribution in [0.1, 0.15) is 13.8 Å². The van der Waals surface area contributed by atoms with Crippen molar-refractivity contribution in [3.8, 4) is 6.07 Å². The van der Waals surface area contributed by atoms with E-state index in [0.29, 0.717) is 6.54 Å². The first-order valence-corrected chi connectivity index (χ1v) is 5.13. The molecular weight excluding hydrogens is 210 g/mol. The van der Waals surface area contributed by atoms with Gasteiger partial charge in [-0.05, 0) is 24.1 Å². The molecule has 1 atom stereocenters. The van der Waals surface area contributed by atoms with Crippen molar-refractivity contribution in [2.24, 2.45) is 11.8 Å². The van der Waals surface area contributed by atoms with Crippen LogP contribution in [0.3, 0.4) is 0 Å². The van der Waals surface area contributed by atoms with E-state index in [1.165, 1.54) is 0 Å². The normalized spacial score (nSPS) is 12.2. The predicted octanol–water partition coefficient (Wildman–Crippen LogP) is 3.17. The number of hydrogen-bond acceptors (Lipinski definition) is 2. The van der Waals surface area contributed by atoms with Gasteiger partial charge >= 0.3 is 0 Å². The van der Waals surface area contributed by atoms with E-state index in [-0.39, 0.29) is 17.5 Å². The Morgan fingerprint density at radius 2 is 2.06 bits per heavy atom. The topological polar surface area (TPSA) is 35.8 Å². The first kappa shape index (κ1) is 12.4. The Bertz CT molecular complexity index is 396. The SMILES string of the molecule is CC(C)C(C#N)CNc1cc(F)ccc1F. The lowest BCUT2D eigenvalue weighted by molar-refractivity contribution is 0.494. The molecule has 2 nitrogen and oxygen atoms in total. The second kappa shape index (κ2) is 5.45. The van der Waals surface area contributed by atoms with E-state index in [4.69, 9.17) is 5.26 Å². The van der Waals surface area contributed by atoms with Gasteiger partial charge in [0.15, 0.2) is 0 Å². The number of halogens is 2. The van der Waals surface area contributed by atoms with Crippen LogP contribution in [0.15, 0.2) is 18.2 Å². The van der Waals surface area contributed by atoms with E-state index in [1.54, 1.807) is 0 Å². The van der Waals surface area contributed by atoms with Crippen molar-refractivity contribution in [2.45, 2.75) is 13.8 Å². The summed E-state index contributed by atoms with van der Waals surface area (Å²) in [6.45, 7) is 4.14. The molecule has 0 aliphatic rings. The van der Waals surface area contributed by atoms with Crippen LogP contribution in [0.2, 0.25) is 0 Å². The van der Waals surface area contributed by atoms with Gasteiger partial charge in [0.05, 0.1) is 17.7 Å². The minimum atomic E-state index is -0.512. The zero-order valence-electron chi connectivity index (χ0n) is 9.30. The third kappa shape index (κ3) is 3.20. The summed E-state index contributed by atoms with van der Waals surface area (Å²) in [4.78, 5) is 0. The molecule has 1 aromatic carbocycles. The number of anilines is 1. The Labute approximate surface area is 93.9 Å². The molecular formula is C12H14F2N2. The largest absolute Gasteiger partial charge is 0.381 e. The van der Waals surface area contributed by atoms with Crippen LogP contribution in [-0.2, 0) is 0 Å². The Balaban J connectivity index is 2.67. The van der Waals surface area contributed by atoms with Gasteiger partial charge in [-0.1, -0.05) is 13.8 Å². The molecule has 16 heavy (non-hydrogen) atoms. The van der Waals surface area contributed by atoms with E-state index >= 15 is 0 Å². The highest BCUT2D eigenvalue weighted by Gasteiger charge is 2.13.